The van der Waals surface area contributed by atoms with Crippen LogP contribution in [0, 0.1) is 22.0 Å². The summed E-state index contributed by atoms with van der Waals surface area (Å²) in [7, 11) is 1.33. The van der Waals surface area contributed by atoms with Crippen LogP contribution in [0.4, 0.5) is 11.4 Å². The first-order chi connectivity index (χ1) is 20.9. The zero-order valence-corrected chi connectivity index (χ0v) is 22.7. The largest absolute Gasteiger partial charge is 0.494 e. The van der Waals surface area contributed by atoms with Crippen LogP contribution in [0.5, 0.6) is 5.75 Å². The molecule has 3 aromatic carbocycles. The minimum Gasteiger partial charge on any atom is -0.494 e. The van der Waals surface area contributed by atoms with E-state index in [9.17, 15) is 24.5 Å². The number of aromatic nitrogens is 1. The molecule has 2 atom stereocenters. The molecule has 3 aliphatic carbocycles. The first-order valence-corrected chi connectivity index (χ1v) is 13.5. The SMILES string of the molecule is COc1cc([N+](=O)[O-])ccc1N1C(=O)C2C3c4ccccc4C(/C=N/NC(=O)c4ccncc4)(c4ccccc43)C2C1=O. The quantitative estimate of drug-likeness (QED) is 0.159. The highest BCUT2D eigenvalue weighted by Crippen LogP contribution is 2.64. The number of hydrogen-bond acceptors (Lipinski definition) is 8. The third kappa shape index (κ3) is 3.64. The highest BCUT2D eigenvalue weighted by Gasteiger charge is 2.68. The summed E-state index contributed by atoms with van der Waals surface area (Å²) in [6, 6.07) is 22.2. The number of nitro groups is 1. The Hall–Kier alpha value is -5.71. The molecule has 43 heavy (non-hydrogen) atoms. The number of benzene rings is 3. The molecule has 1 saturated heterocycles. The third-order valence-corrected chi connectivity index (χ3v) is 8.68. The number of imide groups is 1. The standard InChI is InChI=1S/C32H23N5O6/c1-43-25-16-19(37(41)42)10-11-24(25)36-30(39)27-26-20-6-2-4-8-22(20)32(28(27)31(36)40,23-9-5-3-7-21(23)26)17-34-35-29(38)18-12-14-33-15-13-18/h2-17,26-28H,1H3,(H,35,38)/b34-17+. The van der Waals surface area contributed by atoms with Gasteiger partial charge in [-0.1, -0.05) is 48.5 Å². The Balaban J connectivity index is 1.41. The van der Waals surface area contributed by atoms with E-state index < -0.39 is 45.8 Å². The van der Waals surface area contributed by atoms with E-state index in [0.29, 0.717) is 5.56 Å². The molecule has 0 spiro atoms. The van der Waals surface area contributed by atoms with Gasteiger partial charge < -0.3 is 4.74 Å². The first kappa shape index (κ1) is 26.2. The van der Waals surface area contributed by atoms with E-state index in [1.165, 1.54) is 37.7 Å². The number of pyridine rings is 1. The van der Waals surface area contributed by atoms with E-state index in [1.54, 1.807) is 18.3 Å². The van der Waals surface area contributed by atoms with Crippen molar-refractivity contribution < 1.29 is 24.0 Å². The molecule has 11 nitrogen and oxygen atoms in total. The number of rotatable bonds is 6. The summed E-state index contributed by atoms with van der Waals surface area (Å²) in [5, 5.41) is 15.8. The maximum Gasteiger partial charge on any atom is 0.273 e. The lowest BCUT2D eigenvalue weighted by molar-refractivity contribution is -0.384. The number of nitrogens with one attached hydrogen (secondary N) is 1. The van der Waals surface area contributed by atoms with Crippen molar-refractivity contribution in [1.82, 2.24) is 10.4 Å². The highest BCUT2D eigenvalue weighted by molar-refractivity contribution is 6.25. The van der Waals surface area contributed by atoms with E-state index in [-0.39, 0.29) is 17.1 Å². The number of methoxy groups -OCH3 is 1. The van der Waals surface area contributed by atoms with Crippen LogP contribution in [-0.2, 0) is 15.0 Å². The molecule has 212 valence electrons. The number of nitrogens with zero attached hydrogens (tertiary/aromatic N) is 4. The van der Waals surface area contributed by atoms with Crippen molar-refractivity contribution in [1.29, 1.82) is 0 Å². The molecule has 2 unspecified atom stereocenters. The fourth-order valence-electron chi connectivity index (χ4n) is 7.01. The molecule has 11 heteroatoms. The number of hydrogen-bond donors (Lipinski definition) is 1. The zero-order chi connectivity index (χ0) is 29.9. The summed E-state index contributed by atoms with van der Waals surface area (Å²) in [6.07, 6.45) is 4.57. The van der Waals surface area contributed by atoms with Crippen molar-refractivity contribution >= 4 is 35.3 Å². The third-order valence-electron chi connectivity index (χ3n) is 8.68. The molecule has 1 fully saturated rings. The van der Waals surface area contributed by atoms with Gasteiger partial charge >= 0.3 is 0 Å². The summed E-state index contributed by atoms with van der Waals surface area (Å²) < 4.78 is 5.42. The topological polar surface area (TPSA) is 144 Å². The molecule has 0 saturated carbocycles. The van der Waals surface area contributed by atoms with Gasteiger partial charge in [0.15, 0.2) is 0 Å². The number of nitro benzene ring substituents is 1. The van der Waals surface area contributed by atoms with Crippen molar-refractivity contribution in [3.8, 4) is 5.75 Å². The van der Waals surface area contributed by atoms with Crippen LogP contribution in [0.3, 0.4) is 0 Å². The average Bonchev–Trinajstić information content (AvgIpc) is 3.31. The van der Waals surface area contributed by atoms with Gasteiger partial charge in [-0.2, -0.15) is 5.10 Å². The Morgan fingerprint density at radius 3 is 2.28 bits per heavy atom. The fraction of sp³-hybridized carbons (Fsp3) is 0.156. The monoisotopic (exact) mass is 573 g/mol. The number of hydrazone groups is 1. The van der Waals surface area contributed by atoms with Crippen LogP contribution in [0.25, 0.3) is 0 Å². The number of non-ortho nitro benzene ring substituents is 1. The highest BCUT2D eigenvalue weighted by atomic mass is 16.6. The molecule has 3 amide bonds. The van der Waals surface area contributed by atoms with Gasteiger partial charge in [0.2, 0.25) is 11.8 Å². The van der Waals surface area contributed by atoms with Gasteiger partial charge in [-0.05, 0) is 40.5 Å². The van der Waals surface area contributed by atoms with E-state index >= 15 is 0 Å². The molecule has 2 bridgehead atoms. The van der Waals surface area contributed by atoms with Gasteiger partial charge in [0.05, 0.1) is 41.0 Å². The van der Waals surface area contributed by atoms with Gasteiger partial charge in [0.1, 0.15) is 5.75 Å². The van der Waals surface area contributed by atoms with Crippen LogP contribution in [-0.4, -0.2) is 41.0 Å². The minimum atomic E-state index is -1.20. The predicted molar refractivity (Wildman–Crippen MR) is 155 cm³/mol. The summed E-state index contributed by atoms with van der Waals surface area (Å²) >= 11 is 0. The van der Waals surface area contributed by atoms with Gasteiger partial charge in [-0.3, -0.25) is 29.5 Å². The van der Waals surface area contributed by atoms with Crippen molar-refractivity contribution in [2.45, 2.75) is 11.3 Å². The second-order valence-electron chi connectivity index (χ2n) is 10.6. The van der Waals surface area contributed by atoms with E-state index in [4.69, 9.17) is 4.74 Å². The lowest BCUT2D eigenvalue weighted by Gasteiger charge is -2.52. The molecular weight excluding hydrogens is 550 g/mol. The van der Waals surface area contributed by atoms with E-state index in [0.717, 1.165) is 27.2 Å². The van der Waals surface area contributed by atoms with E-state index in [1.807, 2.05) is 48.5 Å². The summed E-state index contributed by atoms with van der Waals surface area (Å²) in [5.74, 6) is -3.45. The smallest absolute Gasteiger partial charge is 0.273 e. The second-order valence-corrected chi connectivity index (χ2v) is 10.6. The van der Waals surface area contributed by atoms with Crippen LogP contribution in [0.2, 0.25) is 0 Å². The van der Waals surface area contributed by atoms with Gasteiger partial charge in [-0.25, -0.2) is 10.3 Å². The number of carbonyl (C=O) groups is 3. The van der Waals surface area contributed by atoms with Crippen LogP contribution in [0.15, 0.2) is 96.4 Å². The van der Waals surface area contributed by atoms with Crippen molar-refractivity contribution in [2.75, 3.05) is 12.0 Å². The molecule has 1 aromatic heterocycles. The molecule has 1 aliphatic heterocycles. The number of amides is 3. The molecule has 4 aliphatic rings. The van der Waals surface area contributed by atoms with Crippen molar-refractivity contribution in [3.63, 3.8) is 0 Å². The average molecular weight is 574 g/mol. The maximum absolute atomic E-state index is 14.5. The Morgan fingerprint density at radius 1 is 1.00 bits per heavy atom. The zero-order valence-electron chi connectivity index (χ0n) is 22.7. The summed E-state index contributed by atoms with van der Waals surface area (Å²) in [5.41, 5.74) is 5.07. The molecule has 2 heterocycles. The minimum absolute atomic E-state index is 0.0317. The fourth-order valence-corrected chi connectivity index (χ4v) is 7.01. The number of ether oxygens (including phenoxy) is 1. The van der Waals surface area contributed by atoms with Gasteiger partial charge in [0.25, 0.3) is 11.6 Å². The van der Waals surface area contributed by atoms with Gasteiger partial charge in [0, 0.05) is 36.2 Å². The first-order valence-electron chi connectivity index (χ1n) is 13.5. The van der Waals surface area contributed by atoms with Crippen LogP contribution in [0.1, 0.15) is 38.5 Å². The molecule has 4 aromatic rings. The summed E-state index contributed by atoms with van der Waals surface area (Å²) in [4.78, 5) is 57.6. The molecule has 0 radical (unpaired) electrons. The lowest BCUT2D eigenvalue weighted by atomic mass is 9.47. The normalized spacial score (nSPS) is 23.1. The Morgan fingerprint density at radius 2 is 1.65 bits per heavy atom. The number of carbonyl (C=O) groups excluding carboxylic acids is 3. The second kappa shape index (κ2) is 9.69. The Labute approximate surface area is 245 Å². The summed E-state index contributed by atoms with van der Waals surface area (Å²) in [6.45, 7) is 0. The molecule has 1 N–H and O–H groups in total. The Bertz CT molecular complexity index is 1830. The number of anilines is 1. The van der Waals surface area contributed by atoms with Crippen molar-refractivity contribution in [3.05, 3.63) is 129 Å². The molecular formula is C32H23N5O6. The Kier molecular flexibility index (Phi) is 5.91. The van der Waals surface area contributed by atoms with Crippen molar-refractivity contribution in [2.24, 2.45) is 16.9 Å². The predicted octanol–water partition coefficient (Wildman–Crippen LogP) is 3.97. The lowest BCUT2D eigenvalue weighted by Crippen LogP contribution is -2.54. The molecule has 8 rings (SSSR count). The van der Waals surface area contributed by atoms with E-state index in [2.05, 4.69) is 15.5 Å². The van der Waals surface area contributed by atoms with Crippen LogP contribution >= 0.6 is 0 Å². The maximum atomic E-state index is 14.5. The van der Waals surface area contributed by atoms with Gasteiger partial charge in [-0.15, -0.1) is 0 Å². The van der Waals surface area contributed by atoms with Crippen LogP contribution < -0.4 is 15.1 Å².